The van der Waals surface area contributed by atoms with Crippen molar-refractivity contribution in [2.75, 3.05) is 7.11 Å². The highest BCUT2D eigenvalue weighted by molar-refractivity contribution is 9.10. The molecule has 0 spiro atoms. The topological polar surface area (TPSA) is 26.3 Å². The normalized spacial score (nSPS) is 14.9. The summed E-state index contributed by atoms with van der Waals surface area (Å²) >= 11 is 3.25. The third-order valence-electron chi connectivity index (χ3n) is 1.49. The van der Waals surface area contributed by atoms with Gasteiger partial charge in [-0.15, -0.1) is 0 Å². The van der Waals surface area contributed by atoms with Crippen LogP contribution in [-0.4, -0.2) is 23.3 Å². The van der Waals surface area contributed by atoms with Gasteiger partial charge >= 0.3 is 0 Å². The fourth-order valence-electron chi connectivity index (χ4n) is 0.593. The second-order valence-corrected chi connectivity index (χ2v) is 3.70. The van der Waals surface area contributed by atoms with Crippen LogP contribution in [0.2, 0.25) is 0 Å². The van der Waals surface area contributed by atoms with E-state index in [1.54, 1.807) is 14.0 Å². The summed E-state index contributed by atoms with van der Waals surface area (Å²) in [5.41, 5.74) is -0.411. The Bertz CT molecular complexity index is 132. The highest BCUT2D eigenvalue weighted by Gasteiger charge is 2.30. The number of alkyl halides is 1. The van der Waals surface area contributed by atoms with E-state index in [0.29, 0.717) is 0 Å². The van der Waals surface area contributed by atoms with Crippen molar-refractivity contribution in [2.45, 2.75) is 31.2 Å². The molecule has 0 heterocycles. The lowest BCUT2D eigenvalue weighted by molar-refractivity contribution is -0.120. The maximum atomic E-state index is 10.8. The summed E-state index contributed by atoms with van der Waals surface area (Å²) < 4.78 is 5.09. The maximum absolute atomic E-state index is 10.8. The Balaban J connectivity index is 4.17. The number of rotatable bonds is 3. The molecule has 0 amide bonds. The van der Waals surface area contributed by atoms with Gasteiger partial charge in [-0.05, 0) is 20.8 Å². The molecule has 0 rings (SSSR count). The zero-order valence-electron chi connectivity index (χ0n) is 6.77. The first kappa shape index (κ1) is 10.1. The zero-order valence-corrected chi connectivity index (χ0v) is 8.36. The molecule has 0 radical (unpaired) electrons. The Labute approximate surface area is 70.1 Å². The number of carbonyl (C=O) groups is 1. The van der Waals surface area contributed by atoms with Crippen molar-refractivity contribution < 1.29 is 9.53 Å². The molecule has 1 atom stereocenters. The van der Waals surface area contributed by atoms with E-state index in [-0.39, 0.29) is 10.6 Å². The van der Waals surface area contributed by atoms with Crippen LogP contribution in [0.4, 0.5) is 0 Å². The van der Waals surface area contributed by atoms with E-state index in [4.69, 9.17) is 4.74 Å². The number of methoxy groups -OCH3 is 1. The van der Waals surface area contributed by atoms with Gasteiger partial charge in [-0.2, -0.15) is 0 Å². The third-order valence-corrected chi connectivity index (χ3v) is 3.24. The highest BCUT2D eigenvalue weighted by atomic mass is 79.9. The molecular formula is C7H13BrO2. The number of hydrogen-bond acceptors (Lipinski definition) is 2. The van der Waals surface area contributed by atoms with E-state index in [1.165, 1.54) is 0 Å². The molecule has 0 aromatic heterocycles. The van der Waals surface area contributed by atoms with Crippen molar-refractivity contribution in [3.63, 3.8) is 0 Å². The van der Waals surface area contributed by atoms with Crippen molar-refractivity contribution in [2.24, 2.45) is 0 Å². The zero-order chi connectivity index (χ0) is 8.36. The summed E-state index contributed by atoms with van der Waals surface area (Å²) in [4.78, 5) is 10.6. The number of halogens is 1. The first-order chi connectivity index (χ1) is 4.41. The summed E-state index contributed by atoms with van der Waals surface area (Å²) in [6, 6.07) is 0. The van der Waals surface area contributed by atoms with E-state index < -0.39 is 5.60 Å². The van der Waals surface area contributed by atoms with Crippen LogP contribution in [0.25, 0.3) is 0 Å². The molecule has 0 aromatic rings. The summed E-state index contributed by atoms with van der Waals surface area (Å²) in [5, 5.41) is 0. The van der Waals surface area contributed by atoms with Crippen LogP contribution < -0.4 is 0 Å². The van der Waals surface area contributed by atoms with Crippen LogP contribution in [0.1, 0.15) is 20.8 Å². The van der Waals surface area contributed by atoms with Crippen LogP contribution in [-0.2, 0) is 9.53 Å². The minimum atomic E-state index is -0.411. The summed E-state index contributed by atoms with van der Waals surface area (Å²) in [5.74, 6) is 0.0897. The Kier molecular flexibility index (Phi) is 3.52. The van der Waals surface area contributed by atoms with Crippen molar-refractivity contribution in [3.05, 3.63) is 0 Å². The Morgan fingerprint density at radius 3 is 2.10 bits per heavy atom. The van der Waals surface area contributed by atoms with Crippen molar-refractivity contribution in [1.82, 2.24) is 0 Å². The Morgan fingerprint density at radius 2 is 2.00 bits per heavy atom. The number of hydrogen-bond donors (Lipinski definition) is 0. The minimum Gasteiger partial charge on any atom is -0.377 e. The quantitative estimate of drug-likeness (QED) is 0.662. The second-order valence-electron chi connectivity index (χ2n) is 2.78. The molecule has 2 nitrogen and oxygen atoms in total. The van der Waals surface area contributed by atoms with E-state index in [9.17, 15) is 4.79 Å². The first-order valence-electron chi connectivity index (χ1n) is 3.11. The molecule has 3 heteroatoms. The molecule has 0 aliphatic rings. The standard InChI is InChI=1S/C7H13BrO2/c1-5(9)6(8)7(2,3)10-4/h6H,1-4H3. The SMILES string of the molecule is COC(C)(C)C(Br)C(C)=O. The van der Waals surface area contributed by atoms with Gasteiger partial charge in [0.2, 0.25) is 0 Å². The molecular weight excluding hydrogens is 196 g/mol. The molecule has 0 saturated heterocycles. The molecule has 0 aliphatic heterocycles. The van der Waals surface area contributed by atoms with Gasteiger partial charge < -0.3 is 4.74 Å². The summed E-state index contributed by atoms with van der Waals surface area (Å²) in [6.45, 7) is 5.28. The minimum absolute atomic E-state index is 0.0897. The van der Waals surface area contributed by atoms with Gasteiger partial charge in [0, 0.05) is 7.11 Å². The fourth-order valence-corrected chi connectivity index (χ4v) is 0.780. The highest BCUT2D eigenvalue weighted by Crippen LogP contribution is 2.21. The van der Waals surface area contributed by atoms with E-state index >= 15 is 0 Å². The molecule has 0 fully saturated rings. The van der Waals surface area contributed by atoms with E-state index in [2.05, 4.69) is 15.9 Å². The summed E-state index contributed by atoms with van der Waals surface area (Å²) in [6.07, 6.45) is 0. The Morgan fingerprint density at radius 1 is 1.60 bits per heavy atom. The second kappa shape index (κ2) is 3.49. The van der Waals surface area contributed by atoms with Crippen LogP contribution in [0, 0.1) is 0 Å². The van der Waals surface area contributed by atoms with Crippen molar-refractivity contribution >= 4 is 21.7 Å². The fraction of sp³-hybridized carbons (Fsp3) is 0.857. The van der Waals surface area contributed by atoms with E-state index in [1.807, 2.05) is 13.8 Å². The number of carbonyl (C=O) groups excluding carboxylic acids is 1. The van der Waals surface area contributed by atoms with Crippen LogP contribution in [0.5, 0.6) is 0 Å². The molecule has 0 bridgehead atoms. The molecule has 0 aromatic carbocycles. The van der Waals surface area contributed by atoms with Gasteiger partial charge in [-0.3, -0.25) is 4.79 Å². The van der Waals surface area contributed by atoms with Crippen LogP contribution in [0.3, 0.4) is 0 Å². The molecule has 0 aliphatic carbocycles. The predicted molar refractivity (Wildman–Crippen MR) is 44.5 cm³/mol. The van der Waals surface area contributed by atoms with Crippen molar-refractivity contribution in [3.8, 4) is 0 Å². The lowest BCUT2D eigenvalue weighted by Crippen LogP contribution is -2.38. The van der Waals surface area contributed by atoms with Gasteiger partial charge in [0.25, 0.3) is 0 Å². The third kappa shape index (κ3) is 2.39. The molecule has 0 N–H and O–H groups in total. The number of ether oxygens (including phenoxy) is 1. The van der Waals surface area contributed by atoms with E-state index in [0.717, 1.165) is 0 Å². The number of Topliss-reactive ketones (excluding diaryl/α,β-unsaturated/α-hetero) is 1. The average Bonchev–Trinajstić information content (AvgIpc) is 1.86. The first-order valence-corrected chi connectivity index (χ1v) is 4.03. The maximum Gasteiger partial charge on any atom is 0.146 e. The van der Waals surface area contributed by atoms with Gasteiger partial charge in [0.1, 0.15) is 10.6 Å². The monoisotopic (exact) mass is 208 g/mol. The average molecular weight is 209 g/mol. The smallest absolute Gasteiger partial charge is 0.146 e. The lowest BCUT2D eigenvalue weighted by Gasteiger charge is -2.26. The van der Waals surface area contributed by atoms with Crippen LogP contribution >= 0.6 is 15.9 Å². The lowest BCUT2D eigenvalue weighted by atomic mass is 10.0. The molecule has 10 heavy (non-hydrogen) atoms. The van der Waals surface area contributed by atoms with Gasteiger partial charge in [0.15, 0.2) is 0 Å². The molecule has 60 valence electrons. The van der Waals surface area contributed by atoms with Crippen molar-refractivity contribution in [1.29, 1.82) is 0 Å². The van der Waals surface area contributed by atoms with Gasteiger partial charge in [-0.1, -0.05) is 15.9 Å². The van der Waals surface area contributed by atoms with Gasteiger partial charge in [-0.25, -0.2) is 0 Å². The largest absolute Gasteiger partial charge is 0.377 e. The Hall–Kier alpha value is 0.110. The number of ketones is 1. The van der Waals surface area contributed by atoms with Crippen LogP contribution in [0.15, 0.2) is 0 Å². The predicted octanol–water partition coefficient (Wildman–Crippen LogP) is 1.76. The summed E-state index contributed by atoms with van der Waals surface area (Å²) in [7, 11) is 1.59. The van der Waals surface area contributed by atoms with Gasteiger partial charge in [0.05, 0.1) is 5.60 Å². The molecule has 1 unspecified atom stereocenters. The molecule has 0 saturated carbocycles.